The number of nitrogens with one attached hydrogen (secondary N) is 2. The number of hydrogen-bond acceptors (Lipinski definition) is 8. The second kappa shape index (κ2) is 9.01. The monoisotopic (exact) mass is 429 g/mol. The average molecular weight is 430 g/mol. The van der Waals surface area contributed by atoms with Crippen LogP contribution in [-0.4, -0.2) is 26.8 Å². The zero-order valence-corrected chi connectivity index (χ0v) is 17.7. The summed E-state index contributed by atoms with van der Waals surface area (Å²) in [7, 11) is 0. The smallest absolute Gasteiger partial charge is 0.269 e. The number of carbonyl (C=O) groups excluding carboxylic acids is 1. The Morgan fingerprint density at radius 1 is 1.14 bits per heavy atom. The van der Waals surface area contributed by atoms with Crippen molar-refractivity contribution in [1.29, 1.82) is 0 Å². The molecule has 2 N–H and O–H groups in total. The first-order valence-corrected chi connectivity index (χ1v) is 10.5. The normalized spacial score (nSPS) is 10.6. The fraction of sp³-hybridized carbons (Fsp3) is 0.211. The molecule has 0 aliphatic carbocycles. The van der Waals surface area contributed by atoms with E-state index in [1.54, 1.807) is 6.92 Å². The Bertz CT molecular complexity index is 1070. The molecule has 1 heterocycles. The molecule has 3 aromatic rings. The van der Waals surface area contributed by atoms with E-state index in [2.05, 4.69) is 20.8 Å². The van der Waals surface area contributed by atoms with Crippen molar-refractivity contribution in [3.63, 3.8) is 0 Å². The molecule has 29 heavy (non-hydrogen) atoms. The number of nitro groups is 1. The quantitative estimate of drug-likeness (QED) is 0.314. The number of non-ortho nitro benzene ring substituents is 1. The number of thioether (sulfide) groups is 1. The molecule has 10 heteroatoms. The van der Waals surface area contributed by atoms with Crippen molar-refractivity contribution in [3.05, 3.63) is 63.2 Å². The van der Waals surface area contributed by atoms with Gasteiger partial charge in [0.05, 0.1) is 10.7 Å². The maximum Gasteiger partial charge on any atom is 0.269 e. The molecule has 2 aromatic carbocycles. The van der Waals surface area contributed by atoms with Crippen LogP contribution >= 0.6 is 23.1 Å². The lowest BCUT2D eigenvalue weighted by Gasteiger charge is -2.08. The molecule has 0 radical (unpaired) electrons. The SMILES string of the molecule is Cc1cc([N+](=O)[O-])ccc1NC(=O)CSc1nnc(Nc2cccc(C)c2C)s1. The summed E-state index contributed by atoms with van der Waals surface area (Å²) in [5.41, 5.74) is 4.49. The first-order chi connectivity index (χ1) is 13.8. The Hall–Kier alpha value is -2.98. The first-order valence-electron chi connectivity index (χ1n) is 8.68. The van der Waals surface area contributed by atoms with Crippen molar-refractivity contribution in [2.75, 3.05) is 16.4 Å². The van der Waals surface area contributed by atoms with Gasteiger partial charge in [-0.15, -0.1) is 10.2 Å². The van der Waals surface area contributed by atoms with Gasteiger partial charge in [0.1, 0.15) is 0 Å². The van der Waals surface area contributed by atoms with Crippen LogP contribution in [0, 0.1) is 30.9 Å². The Morgan fingerprint density at radius 2 is 1.93 bits per heavy atom. The molecule has 0 unspecified atom stereocenters. The van der Waals surface area contributed by atoms with E-state index in [9.17, 15) is 14.9 Å². The number of aromatic nitrogens is 2. The molecule has 1 aromatic heterocycles. The number of nitrogens with zero attached hydrogens (tertiary/aromatic N) is 3. The van der Waals surface area contributed by atoms with Crippen molar-refractivity contribution in [2.24, 2.45) is 0 Å². The van der Waals surface area contributed by atoms with E-state index in [4.69, 9.17) is 0 Å². The third kappa shape index (κ3) is 5.30. The maximum absolute atomic E-state index is 12.2. The highest BCUT2D eigenvalue weighted by Crippen LogP contribution is 2.29. The molecule has 0 fully saturated rings. The van der Waals surface area contributed by atoms with Crippen LogP contribution in [-0.2, 0) is 4.79 Å². The lowest BCUT2D eigenvalue weighted by atomic mass is 10.1. The van der Waals surface area contributed by atoms with Crippen LogP contribution in [0.2, 0.25) is 0 Å². The van der Waals surface area contributed by atoms with Crippen molar-refractivity contribution in [2.45, 2.75) is 25.1 Å². The van der Waals surface area contributed by atoms with Crippen LogP contribution < -0.4 is 10.6 Å². The third-order valence-electron chi connectivity index (χ3n) is 4.27. The van der Waals surface area contributed by atoms with Gasteiger partial charge in [-0.05, 0) is 49.6 Å². The van der Waals surface area contributed by atoms with Gasteiger partial charge in [0, 0.05) is 23.5 Å². The Kier molecular flexibility index (Phi) is 6.45. The van der Waals surface area contributed by atoms with E-state index in [0.29, 0.717) is 20.7 Å². The molecule has 0 atom stereocenters. The second-order valence-electron chi connectivity index (χ2n) is 6.34. The number of anilines is 3. The van der Waals surface area contributed by atoms with Gasteiger partial charge in [0.15, 0.2) is 4.34 Å². The maximum atomic E-state index is 12.2. The van der Waals surface area contributed by atoms with Crippen LogP contribution in [0.3, 0.4) is 0 Å². The van der Waals surface area contributed by atoms with Gasteiger partial charge in [0.25, 0.3) is 5.69 Å². The van der Waals surface area contributed by atoms with Gasteiger partial charge < -0.3 is 10.6 Å². The van der Waals surface area contributed by atoms with Crippen molar-refractivity contribution >= 4 is 51.2 Å². The van der Waals surface area contributed by atoms with Crippen molar-refractivity contribution in [3.8, 4) is 0 Å². The number of rotatable bonds is 7. The van der Waals surface area contributed by atoms with Crippen LogP contribution in [0.4, 0.5) is 22.2 Å². The molecule has 0 saturated heterocycles. The minimum Gasteiger partial charge on any atom is -0.330 e. The molecular weight excluding hydrogens is 410 g/mol. The number of aryl methyl sites for hydroxylation is 2. The number of benzene rings is 2. The summed E-state index contributed by atoms with van der Waals surface area (Å²) in [5, 5.41) is 25.7. The highest BCUT2D eigenvalue weighted by molar-refractivity contribution is 8.01. The van der Waals surface area contributed by atoms with Crippen molar-refractivity contribution in [1.82, 2.24) is 10.2 Å². The minimum atomic E-state index is -0.464. The van der Waals surface area contributed by atoms with Crippen molar-refractivity contribution < 1.29 is 9.72 Å². The van der Waals surface area contributed by atoms with Gasteiger partial charge in [-0.25, -0.2) is 0 Å². The van der Waals surface area contributed by atoms with Gasteiger partial charge in [-0.2, -0.15) is 0 Å². The molecule has 3 rings (SSSR count). The fourth-order valence-electron chi connectivity index (χ4n) is 2.54. The predicted octanol–water partition coefficient (Wildman–Crippen LogP) is 4.85. The molecule has 0 aliphatic heterocycles. The topological polar surface area (TPSA) is 110 Å². The Labute approximate surface area is 175 Å². The van der Waals surface area contributed by atoms with Crippen LogP contribution in [0.25, 0.3) is 0 Å². The molecule has 0 saturated carbocycles. The summed E-state index contributed by atoms with van der Waals surface area (Å²) in [6.07, 6.45) is 0. The zero-order chi connectivity index (χ0) is 21.0. The second-order valence-corrected chi connectivity index (χ2v) is 8.54. The lowest BCUT2D eigenvalue weighted by Crippen LogP contribution is -2.14. The van der Waals surface area contributed by atoms with Crippen LogP contribution in [0.5, 0.6) is 0 Å². The van der Waals surface area contributed by atoms with E-state index in [-0.39, 0.29) is 17.3 Å². The zero-order valence-electron chi connectivity index (χ0n) is 16.1. The summed E-state index contributed by atoms with van der Waals surface area (Å²) < 4.78 is 0.674. The summed E-state index contributed by atoms with van der Waals surface area (Å²) in [4.78, 5) is 22.5. The molecule has 150 valence electrons. The summed E-state index contributed by atoms with van der Waals surface area (Å²) >= 11 is 2.66. The lowest BCUT2D eigenvalue weighted by molar-refractivity contribution is -0.384. The highest BCUT2D eigenvalue weighted by Gasteiger charge is 2.12. The van der Waals surface area contributed by atoms with Crippen LogP contribution in [0.1, 0.15) is 16.7 Å². The number of nitro benzene ring substituents is 1. The molecular formula is C19H19N5O3S2. The van der Waals surface area contributed by atoms with Gasteiger partial charge in [-0.3, -0.25) is 14.9 Å². The average Bonchev–Trinajstić information content (AvgIpc) is 3.13. The molecule has 0 aliphatic rings. The van der Waals surface area contributed by atoms with E-state index >= 15 is 0 Å². The van der Waals surface area contributed by atoms with E-state index in [1.165, 1.54) is 46.9 Å². The van der Waals surface area contributed by atoms with Crippen LogP contribution in [0.15, 0.2) is 40.7 Å². The number of carbonyl (C=O) groups is 1. The van der Waals surface area contributed by atoms with E-state index < -0.39 is 4.92 Å². The van der Waals surface area contributed by atoms with Gasteiger partial charge in [-0.1, -0.05) is 35.2 Å². The van der Waals surface area contributed by atoms with E-state index in [0.717, 1.165) is 11.3 Å². The molecule has 0 spiro atoms. The summed E-state index contributed by atoms with van der Waals surface area (Å²) in [6, 6.07) is 10.3. The van der Waals surface area contributed by atoms with E-state index in [1.807, 2.05) is 32.0 Å². The number of amides is 1. The third-order valence-corrected chi connectivity index (χ3v) is 6.25. The first kappa shape index (κ1) is 20.7. The highest BCUT2D eigenvalue weighted by atomic mass is 32.2. The molecule has 1 amide bonds. The fourth-order valence-corrected chi connectivity index (χ4v) is 4.10. The summed E-state index contributed by atoms with van der Waals surface area (Å²) in [6.45, 7) is 5.80. The van der Waals surface area contributed by atoms with Gasteiger partial charge in [0.2, 0.25) is 11.0 Å². The van der Waals surface area contributed by atoms with Gasteiger partial charge >= 0.3 is 0 Å². The Morgan fingerprint density at radius 3 is 2.66 bits per heavy atom. The minimum absolute atomic E-state index is 0.00684. The predicted molar refractivity (Wildman–Crippen MR) is 116 cm³/mol. The molecule has 8 nitrogen and oxygen atoms in total. The summed E-state index contributed by atoms with van der Waals surface area (Å²) in [5.74, 6) is -0.0552. The molecule has 0 bridgehead atoms. The number of hydrogen-bond donors (Lipinski definition) is 2. The largest absolute Gasteiger partial charge is 0.330 e. The Balaban J connectivity index is 1.56. The standard InChI is InChI=1S/C19H19N5O3S2/c1-11-5-4-6-16(13(11)3)21-18-22-23-19(29-18)28-10-17(25)20-15-8-7-14(24(26)27)9-12(15)2/h4-9H,10H2,1-3H3,(H,20,25)(H,21,22).